The van der Waals surface area contributed by atoms with Crippen molar-refractivity contribution >= 4 is 42.5 Å². The highest BCUT2D eigenvalue weighted by Crippen LogP contribution is 2.45. The lowest BCUT2D eigenvalue weighted by Crippen LogP contribution is -2.03. The Kier molecular flexibility index (Phi) is 7.60. The molecule has 0 saturated carbocycles. The molecule has 0 aliphatic carbocycles. The van der Waals surface area contributed by atoms with Crippen molar-refractivity contribution in [3.63, 3.8) is 0 Å². The van der Waals surface area contributed by atoms with Crippen molar-refractivity contribution in [2.75, 3.05) is 0 Å². The van der Waals surface area contributed by atoms with Crippen LogP contribution < -0.4 is 4.74 Å². The van der Waals surface area contributed by atoms with E-state index in [0.29, 0.717) is 0 Å². The SMILES string of the molecule is Cc1cc(C)c(-c2ccn(-c3cccc(Oc4cc(-c5nc6ccccc6n5-c5c(C)cc(C)cc5C)cc5c4sc4ccccc45)c3)n2)c(C)c1. The predicted molar refractivity (Wildman–Crippen MR) is 217 cm³/mol. The van der Waals surface area contributed by atoms with Crippen molar-refractivity contribution in [3.05, 3.63) is 155 Å². The molecule has 5 nitrogen and oxygen atoms in total. The van der Waals surface area contributed by atoms with Gasteiger partial charge in [-0.15, -0.1) is 11.3 Å². The fourth-order valence-corrected chi connectivity index (χ4v) is 9.11. The van der Waals surface area contributed by atoms with E-state index >= 15 is 0 Å². The van der Waals surface area contributed by atoms with Crippen LogP contribution in [0.2, 0.25) is 0 Å². The van der Waals surface area contributed by atoms with Crippen molar-refractivity contribution in [1.82, 2.24) is 19.3 Å². The van der Waals surface area contributed by atoms with Crippen molar-refractivity contribution in [1.29, 1.82) is 0 Å². The molecule has 52 heavy (non-hydrogen) atoms. The number of para-hydroxylation sites is 2. The summed E-state index contributed by atoms with van der Waals surface area (Å²) in [6.45, 7) is 13.0. The molecule has 0 fully saturated rings. The Balaban J connectivity index is 1.19. The molecule has 6 heteroatoms. The number of hydrogen-bond donors (Lipinski definition) is 0. The van der Waals surface area contributed by atoms with Crippen molar-refractivity contribution in [2.24, 2.45) is 0 Å². The maximum Gasteiger partial charge on any atom is 0.145 e. The summed E-state index contributed by atoms with van der Waals surface area (Å²) in [6, 6.07) is 40.7. The molecule has 0 unspecified atom stereocenters. The highest BCUT2D eigenvalue weighted by Gasteiger charge is 2.21. The van der Waals surface area contributed by atoms with Crippen LogP contribution in [0, 0.1) is 41.5 Å². The van der Waals surface area contributed by atoms with Crippen LogP contribution in [0.3, 0.4) is 0 Å². The predicted octanol–water partition coefficient (Wildman–Crippen LogP) is 12.6. The number of aryl methyl sites for hydroxylation is 6. The van der Waals surface area contributed by atoms with Gasteiger partial charge < -0.3 is 4.74 Å². The van der Waals surface area contributed by atoms with Gasteiger partial charge in [-0.2, -0.15) is 5.10 Å². The van der Waals surface area contributed by atoms with Crippen LogP contribution in [0.1, 0.15) is 33.4 Å². The summed E-state index contributed by atoms with van der Waals surface area (Å²) in [5.74, 6) is 2.43. The van der Waals surface area contributed by atoms with Crippen LogP contribution >= 0.6 is 11.3 Å². The Hall–Kier alpha value is -5.98. The molecular weight excluding hydrogens is 657 g/mol. The topological polar surface area (TPSA) is 44.9 Å². The van der Waals surface area contributed by atoms with E-state index in [1.807, 2.05) is 23.0 Å². The molecule has 0 spiro atoms. The standard InChI is InChI=1S/C46H38N4OS/c1-27-20-29(3)43(30(4)21-27)39-18-19-49(48-39)34-12-11-13-35(26-34)51-41-25-33(24-37-36-14-7-10-17-42(36)52-45(37)41)46-47-38-15-8-9-16-40(38)50(46)44-31(5)22-28(2)23-32(44)6/h7-26H,1-6H3. The monoisotopic (exact) mass is 694 g/mol. The number of aromatic nitrogens is 4. The lowest BCUT2D eigenvalue weighted by molar-refractivity contribution is 0.489. The zero-order valence-electron chi connectivity index (χ0n) is 30.2. The van der Waals surface area contributed by atoms with E-state index < -0.39 is 0 Å². The number of benzene rings is 6. The number of nitrogens with zero attached hydrogens (tertiary/aromatic N) is 4. The first-order valence-electron chi connectivity index (χ1n) is 17.7. The average molecular weight is 695 g/mol. The first kappa shape index (κ1) is 32.0. The van der Waals surface area contributed by atoms with Gasteiger partial charge in [0.25, 0.3) is 0 Å². The fraction of sp³-hybridized carbons (Fsp3) is 0.130. The van der Waals surface area contributed by atoms with Gasteiger partial charge in [0.05, 0.1) is 32.8 Å². The first-order valence-corrected chi connectivity index (χ1v) is 18.5. The zero-order chi connectivity index (χ0) is 35.7. The Morgan fingerprint density at radius 1 is 0.635 bits per heavy atom. The Labute approximate surface area is 307 Å². The molecule has 0 N–H and O–H groups in total. The quantitative estimate of drug-likeness (QED) is 0.174. The minimum absolute atomic E-state index is 0.742. The van der Waals surface area contributed by atoms with Crippen LogP contribution in [0.5, 0.6) is 11.5 Å². The smallest absolute Gasteiger partial charge is 0.145 e. The number of rotatable bonds is 6. The number of fused-ring (bicyclic) bond motifs is 4. The second-order valence-electron chi connectivity index (χ2n) is 14.0. The molecule has 0 saturated heterocycles. The highest BCUT2D eigenvalue weighted by atomic mass is 32.1. The molecule has 3 heterocycles. The first-order chi connectivity index (χ1) is 25.2. The van der Waals surface area contributed by atoms with Crippen molar-refractivity contribution in [2.45, 2.75) is 41.5 Å². The minimum Gasteiger partial charge on any atom is -0.456 e. The summed E-state index contributed by atoms with van der Waals surface area (Å²) in [6.07, 6.45) is 2.03. The molecule has 0 aliphatic rings. The summed E-state index contributed by atoms with van der Waals surface area (Å²) < 4.78 is 13.5. The van der Waals surface area contributed by atoms with Crippen molar-refractivity contribution in [3.8, 4) is 45.5 Å². The van der Waals surface area contributed by atoms with Gasteiger partial charge in [0.15, 0.2) is 0 Å². The molecule has 254 valence electrons. The van der Waals surface area contributed by atoms with Gasteiger partial charge >= 0.3 is 0 Å². The third-order valence-corrected chi connectivity index (χ3v) is 11.2. The summed E-state index contributed by atoms with van der Waals surface area (Å²) >= 11 is 1.76. The lowest BCUT2D eigenvalue weighted by Gasteiger charge is -2.17. The molecule has 0 aliphatic heterocycles. The molecule has 0 atom stereocenters. The van der Waals surface area contributed by atoms with Gasteiger partial charge in [0.2, 0.25) is 0 Å². The van der Waals surface area contributed by atoms with Crippen LogP contribution in [0.25, 0.3) is 65.2 Å². The highest BCUT2D eigenvalue weighted by molar-refractivity contribution is 7.26. The molecule has 3 aromatic heterocycles. The number of thiophene rings is 1. The molecule has 0 bridgehead atoms. The summed E-state index contributed by atoms with van der Waals surface area (Å²) in [4.78, 5) is 5.28. The maximum absolute atomic E-state index is 6.90. The van der Waals surface area contributed by atoms with Gasteiger partial charge in [-0.05, 0) is 112 Å². The van der Waals surface area contributed by atoms with Crippen LogP contribution in [0.4, 0.5) is 0 Å². The van der Waals surface area contributed by atoms with E-state index in [2.05, 4.69) is 149 Å². The Morgan fingerprint density at radius 2 is 1.35 bits per heavy atom. The molecule has 6 aromatic carbocycles. The van der Waals surface area contributed by atoms with Gasteiger partial charge in [-0.3, -0.25) is 4.57 Å². The fourth-order valence-electron chi connectivity index (χ4n) is 7.97. The van der Waals surface area contributed by atoms with Gasteiger partial charge in [-0.1, -0.05) is 71.8 Å². The van der Waals surface area contributed by atoms with Crippen LogP contribution in [-0.2, 0) is 0 Å². The van der Waals surface area contributed by atoms with E-state index in [1.165, 1.54) is 49.0 Å². The Bertz CT molecular complexity index is 2810. The van der Waals surface area contributed by atoms with Crippen LogP contribution in [0.15, 0.2) is 121 Å². The van der Waals surface area contributed by atoms with E-state index in [0.717, 1.165) is 61.1 Å². The normalized spacial score (nSPS) is 11.7. The third-order valence-electron chi connectivity index (χ3n) is 9.95. The molecule has 0 radical (unpaired) electrons. The summed E-state index contributed by atoms with van der Waals surface area (Å²) in [5.41, 5.74) is 14.7. The van der Waals surface area contributed by atoms with Gasteiger partial charge in [-0.25, -0.2) is 9.67 Å². The molecular formula is C46H38N4OS. The van der Waals surface area contributed by atoms with Crippen LogP contribution in [-0.4, -0.2) is 19.3 Å². The molecule has 0 amide bonds. The summed E-state index contributed by atoms with van der Waals surface area (Å²) in [5, 5.41) is 7.37. The summed E-state index contributed by atoms with van der Waals surface area (Å²) in [7, 11) is 0. The maximum atomic E-state index is 6.90. The van der Waals surface area contributed by atoms with E-state index in [9.17, 15) is 0 Å². The Morgan fingerprint density at radius 3 is 2.13 bits per heavy atom. The van der Waals surface area contributed by atoms with Crippen molar-refractivity contribution < 1.29 is 4.74 Å². The van der Waals surface area contributed by atoms with E-state index in [1.54, 1.807) is 11.3 Å². The minimum atomic E-state index is 0.742. The number of hydrogen-bond acceptors (Lipinski definition) is 4. The van der Waals surface area contributed by atoms with E-state index in [4.69, 9.17) is 14.8 Å². The molecule has 9 rings (SSSR count). The number of imidazole rings is 1. The zero-order valence-corrected chi connectivity index (χ0v) is 31.0. The molecule has 9 aromatic rings. The lowest BCUT2D eigenvalue weighted by atomic mass is 9.98. The van der Waals surface area contributed by atoms with E-state index in [-0.39, 0.29) is 0 Å². The second kappa shape index (κ2) is 12.4. The number of ether oxygens (including phenoxy) is 1. The third kappa shape index (κ3) is 5.38. The second-order valence-corrected chi connectivity index (χ2v) is 15.0. The van der Waals surface area contributed by atoms with Gasteiger partial charge in [0, 0.05) is 38.9 Å². The van der Waals surface area contributed by atoms with Gasteiger partial charge in [0.1, 0.15) is 17.3 Å². The average Bonchev–Trinajstić information content (AvgIpc) is 3.84. The largest absolute Gasteiger partial charge is 0.456 e.